The van der Waals surface area contributed by atoms with Gasteiger partial charge in [-0.1, -0.05) is 18.5 Å². The Balaban J connectivity index is 2.52. The maximum Gasteiger partial charge on any atom is 0.252 e. The van der Waals surface area contributed by atoms with Crippen molar-refractivity contribution in [3.63, 3.8) is 0 Å². The number of nitrogens with two attached hydrogens (primary N) is 1. The molecule has 0 aromatic heterocycles. The topological polar surface area (TPSA) is 75.3 Å². The average molecular weight is 257 g/mol. The molecule has 1 rings (SSSR count). The number of nitrogens with one attached hydrogen (secondary N) is 1. The second-order valence-electron chi connectivity index (χ2n) is 3.85. The molecule has 0 heterocycles. The van der Waals surface area contributed by atoms with Gasteiger partial charge in [0.1, 0.15) is 0 Å². The summed E-state index contributed by atoms with van der Waals surface area (Å²) in [4.78, 5) is 11.7. The van der Waals surface area contributed by atoms with Gasteiger partial charge in [0.05, 0.1) is 16.7 Å². The second kappa shape index (κ2) is 6.47. The van der Waals surface area contributed by atoms with E-state index in [0.29, 0.717) is 35.7 Å². The number of anilines is 1. The molecule has 4 nitrogen and oxygen atoms in total. The minimum atomic E-state index is -0.378. The maximum atomic E-state index is 11.7. The third-order valence-electron chi connectivity index (χ3n) is 2.47. The largest absolute Gasteiger partial charge is 0.399 e. The Hall–Kier alpha value is -1.26. The molecular formula is C12H17ClN2O2. The Morgan fingerprint density at radius 1 is 1.59 bits per heavy atom. The number of hydrogen-bond acceptors (Lipinski definition) is 3. The van der Waals surface area contributed by atoms with Crippen LogP contribution in [0.15, 0.2) is 18.2 Å². The number of aliphatic hydroxyl groups excluding tert-OH is 1. The minimum Gasteiger partial charge on any atom is -0.399 e. The zero-order chi connectivity index (χ0) is 12.8. The molecule has 94 valence electrons. The first-order valence-corrected chi connectivity index (χ1v) is 5.93. The van der Waals surface area contributed by atoms with Crippen molar-refractivity contribution in [3.8, 4) is 0 Å². The zero-order valence-electron chi connectivity index (χ0n) is 9.74. The number of amides is 1. The lowest BCUT2D eigenvalue weighted by molar-refractivity contribution is 0.0942. The van der Waals surface area contributed by atoms with Crippen LogP contribution in [-0.4, -0.2) is 23.7 Å². The van der Waals surface area contributed by atoms with Crippen LogP contribution in [0.25, 0.3) is 0 Å². The van der Waals surface area contributed by atoms with Crippen LogP contribution in [0, 0.1) is 0 Å². The summed E-state index contributed by atoms with van der Waals surface area (Å²) in [7, 11) is 0. The van der Waals surface area contributed by atoms with Crippen LogP contribution < -0.4 is 11.1 Å². The number of halogens is 1. The number of carbonyl (C=O) groups is 1. The number of hydrogen-bond donors (Lipinski definition) is 3. The Bertz CT molecular complexity index is 396. The molecule has 1 aromatic rings. The highest BCUT2D eigenvalue weighted by Crippen LogP contribution is 2.18. The van der Waals surface area contributed by atoms with Gasteiger partial charge in [-0.2, -0.15) is 0 Å². The molecule has 0 saturated heterocycles. The van der Waals surface area contributed by atoms with E-state index in [1.54, 1.807) is 12.1 Å². The molecule has 5 heteroatoms. The van der Waals surface area contributed by atoms with Crippen LogP contribution in [0.5, 0.6) is 0 Å². The van der Waals surface area contributed by atoms with E-state index >= 15 is 0 Å². The molecule has 0 aliphatic heterocycles. The second-order valence-corrected chi connectivity index (χ2v) is 4.25. The highest BCUT2D eigenvalue weighted by Gasteiger charge is 2.10. The molecule has 1 aromatic carbocycles. The first-order chi connectivity index (χ1) is 8.04. The Morgan fingerprint density at radius 2 is 2.29 bits per heavy atom. The number of rotatable bonds is 5. The Morgan fingerprint density at radius 3 is 2.88 bits per heavy atom. The first-order valence-electron chi connectivity index (χ1n) is 5.56. The standard InChI is InChI=1S/C12H17ClN2O2/c1-2-9(16)5-6-15-12(17)10-4-3-8(14)7-11(10)13/h3-4,7,9,16H,2,5-6,14H2,1H3,(H,15,17). The molecule has 0 aliphatic rings. The van der Waals surface area contributed by atoms with Crippen molar-refractivity contribution >= 4 is 23.2 Å². The summed E-state index contributed by atoms with van der Waals surface area (Å²) in [5.74, 6) is -0.252. The maximum absolute atomic E-state index is 11.7. The highest BCUT2D eigenvalue weighted by molar-refractivity contribution is 6.34. The van der Waals surface area contributed by atoms with Crippen molar-refractivity contribution < 1.29 is 9.90 Å². The third-order valence-corrected chi connectivity index (χ3v) is 2.78. The van der Waals surface area contributed by atoms with Crippen LogP contribution in [0.1, 0.15) is 30.1 Å². The van der Waals surface area contributed by atoms with Crippen molar-refractivity contribution in [2.24, 2.45) is 0 Å². The first kappa shape index (κ1) is 13.8. The molecule has 0 saturated carbocycles. The van der Waals surface area contributed by atoms with Gasteiger partial charge in [-0.15, -0.1) is 0 Å². The van der Waals surface area contributed by atoms with E-state index in [2.05, 4.69) is 5.32 Å². The molecule has 0 aliphatic carbocycles. The van der Waals surface area contributed by atoms with Crippen molar-refractivity contribution in [1.82, 2.24) is 5.32 Å². The van der Waals surface area contributed by atoms with E-state index in [1.807, 2.05) is 6.92 Å². The van der Waals surface area contributed by atoms with Crippen LogP contribution >= 0.6 is 11.6 Å². The van der Waals surface area contributed by atoms with Gasteiger partial charge < -0.3 is 16.2 Å². The summed E-state index contributed by atoms with van der Waals surface area (Å²) < 4.78 is 0. The molecule has 1 atom stereocenters. The number of nitrogen functional groups attached to an aromatic ring is 1. The summed E-state index contributed by atoms with van der Waals surface area (Å²) >= 11 is 5.90. The summed E-state index contributed by atoms with van der Waals surface area (Å²) in [5.41, 5.74) is 6.45. The van der Waals surface area contributed by atoms with Crippen molar-refractivity contribution in [1.29, 1.82) is 0 Å². The van der Waals surface area contributed by atoms with Crippen LogP contribution in [0.2, 0.25) is 5.02 Å². The van der Waals surface area contributed by atoms with Crippen LogP contribution in [-0.2, 0) is 0 Å². The fourth-order valence-electron chi connectivity index (χ4n) is 1.37. The number of benzene rings is 1. The van der Waals surface area contributed by atoms with Crippen LogP contribution in [0.3, 0.4) is 0 Å². The predicted molar refractivity (Wildman–Crippen MR) is 69.1 cm³/mol. The quantitative estimate of drug-likeness (QED) is 0.704. The van der Waals surface area contributed by atoms with E-state index in [9.17, 15) is 9.90 Å². The van der Waals surface area contributed by atoms with E-state index < -0.39 is 0 Å². The molecule has 17 heavy (non-hydrogen) atoms. The Kier molecular flexibility index (Phi) is 5.25. The number of carbonyl (C=O) groups excluding carboxylic acids is 1. The van der Waals surface area contributed by atoms with Crippen molar-refractivity contribution in [2.45, 2.75) is 25.9 Å². The van der Waals surface area contributed by atoms with Crippen LogP contribution in [0.4, 0.5) is 5.69 Å². The van der Waals surface area contributed by atoms with E-state index in [4.69, 9.17) is 17.3 Å². The molecule has 1 unspecified atom stereocenters. The minimum absolute atomic E-state index is 0.252. The van der Waals surface area contributed by atoms with Gasteiger partial charge in [0.25, 0.3) is 5.91 Å². The fourth-order valence-corrected chi connectivity index (χ4v) is 1.64. The summed E-state index contributed by atoms with van der Waals surface area (Å²) in [6, 6.07) is 4.75. The van der Waals surface area contributed by atoms with Crippen molar-refractivity contribution in [2.75, 3.05) is 12.3 Å². The predicted octanol–water partition coefficient (Wildman–Crippen LogP) is 1.81. The van der Waals surface area contributed by atoms with E-state index in [1.165, 1.54) is 6.07 Å². The normalized spacial score (nSPS) is 12.2. The van der Waals surface area contributed by atoms with Gasteiger partial charge in [-0.3, -0.25) is 4.79 Å². The summed E-state index contributed by atoms with van der Waals surface area (Å²) in [6.45, 7) is 2.32. The van der Waals surface area contributed by atoms with E-state index in [0.717, 1.165) is 0 Å². The smallest absolute Gasteiger partial charge is 0.252 e. The van der Waals surface area contributed by atoms with Gasteiger partial charge in [-0.05, 0) is 31.0 Å². The molecular weight excluding hydrogens is 240 g/mol. The fraction of sp³-hybridized carbons (Fsp3) is 0.417. The Labute approximate surface area is 106 Å². The van der Waals surface area contributed by atoms with Gasteiger partial charge in [0.15, 0.2) is 0 Å². The molecule has 0 radical (unpaired) electrons. The monoisotopic (exact) mass is 256 g/mol. The zero-order valence-corrected chi connectivity index (χ0v) is 10.5. The SMILES string of the molecule is CCC(O)CCNC(=O)c1ccc(N)cc1Cl. The molecule has 0 bridgehead atoms. The lowest BCUT2D eigenvalue weighted by Gasteiger charge is -2.09. The average Bonchev–Trinajstić information content (AvgIpc) is 2.28. The molecule has 1 amide bonds. The van der Waals surface area contributed by atoms with Gasteiger partial charge in [0.2, 0.25) is 0 Å². The van der Waals surface area contributed by atoms with Crippen molar-refractivity contribution in [3.05, 3.63) is 28.8 Å². The lowest BCUT2D eigenvalue weighted by Crippen LogP contribution is -2.27. The number of aliphatic hydroxyl groups is 1. The summed E-state index contributed by atoms with van der Waals surface area (Å²) in [6.07, 6.45) is 0.838. The lowest BCUT2D eigenvalue weighted by atomic mass is 10.1. The van der Waals surface area contributed by atoms with Gasteiger partial charge in [-0.25, -0.2) is 0 Å². The highest BCUT2D eigenvalue weighted by atomic mass is 35.5. The van der Waals surface area contributed by atoms with E-state index in [-0.39, 0.29) is 12.0 Å². The summed E-state index contributed by atoms with van der Waals surface area (Å²) in [5, 5.41) is 12.4. The molecule has 0 spiro atoms. The molecule has 0 fully saturated rings. The van der Waals surface area contributed by atoms with Gasteiger partial charge in [0, 0.05) is 12.2 Å². The third kappa shape index (κ3) is 4.24. The molecule has 4 N–H and O–H groups in total. The van der Waals surface area contributed by atoms with Gasteiger partial charge >= 0.3 is 0 Å².